The van der Waals surface area contributed by atoms with Gasteiger partial charge in [-0.1, -0.05) is 11.6 Å². The third-order valence-electron chi connectivity index (χ3n) is 7.39. The zero-order chi connectivity index (χ0) is 25.5. The van der Waals surface area contributed by atoms with Crippen LogP contribution in [-0.4, -0.2) is 41.1 Å². The highest BCUT2D eigenvalue weighted by Crippen LogP contribution is 2.51. The van der Waals surface area contributed by atoms with E-state index in [1.165, 1.54) is 0 Å². The Hall–Kier alpha value is -3.00. The molecule has 1 aromatic carbocycles. The fourth-order valence-corrected chi connectivity index (χ4v) is 5.44. The molecule has 1 aliphatic heterocycles. The first kappa shape index (κ1) is 25.1. The molecule has 1 aliphatic carbocycles. The average molecular weight is 502 g/mol. The van der Waals surface area contributed by atoms with Crippen LogP contribution in [0.2, 0.25) is 5.02 Å². The smallest absolute Gasteiger partial charge is 0.253 e. The Balaban J connectivity index is 1.50. The summed E-state index contributed by atoms with van der Waals surface area (Å²) in [6.45, 7) is 7.47. The molecule has 0 radical (unpaired) electrons. The van der Waals surface area contributed by atoms with E-state index in [9.17, 15) is 14.4 Å². The van der Waals surface area contributed by atoms with Crippen LogP contribution in [0.1, 0.15) is 65.3 Å². The van der Waals surface area contributed by atoms with Crippen LogP contribution in [0.4, 0.5) is 0 Å². The summed E-state index contributed by atoms with van der Waals surface area (Å²) < 4.78 is 12.6. The van der Waals surface area contributed by atoms with E-state index >= 15 is 0 Å². The summed E-state index contributed by atoms with van der Waals surface area (Å²) in [5.41, 5.74) is 2.89. The molecule has 1 unspecified atom stereocenters. The Bertz CT molecular complexity index is 1220. The Morgan fingerprint density at radius 1 is 1.20 bits per heavy atom. The molecule has 0 saturated heterocycles. The molecule has 9 heteroatoms. The van der Waals surface area contributed by atoms with E-state index in [2.05, 4.69) is 10.3 Å². The summed E-state index contributed by atoms with van der Waals surface area (Å²) in [7, 11) is 1.81. The molecule has 2 aromatic rings. The second kappa shape index (κ2) is 9.57. The van der Waals surface area contributed by atoms with Crippen molar-refractivity contribution in [3.05, 3.63) is 55.5 Å². The van der Waals surface area contributed by atoms with Gasteiger partial charge in [-0.3, -0.25) is 14.4 Å². The van der Waals surface area contributed by atoms with Crippen LogP contribution >= 0.6 is 11.6 Å². The number of aromatic nitrogens is 1. The van der Waals surface area contributed by atoms with E-state index in [4.69, 9.17) is 21.1 Å². The molecule has 2 N–H and O–H groups in total. The molecule has 1 fully saturated rings. The monoisotopic (exact) mass is 501 g/mol. The topological polar surface area (TPSA) is 101 Å². The number of hydrogen-bond donors (Lipinski definition) is 2. The highest BCUT2D eigenvalue weighted by Gasteiger charge is 2.47. The zero-order valence-electron chi connectivity index (χ0n) is 20.8. The van der Waals surface area contributed by atoms with Gasteiger partial charge in [0.2, 0.25) is 6.41 Å². The highest BCUT2D eigenvalue weighted by atomic mass is 35.5. The Morgan fingerprint density at radius 2 is 1.86 bits per heavy atom. The number of carbonyl (C=O) groups excluding carboxylic acids is 2. The van der Waals surface area contributed by atoms with E-state index in [1.54, 1.807) is 17.9 Å². The van der Waals surface area contributed by atoms with Crippen LogP contribution in [-0.2, 0) is 11.3 Å². The van der Waals surface area contributed by atoms with E-state index in [0.717, 1.165) is 43.4 Å². The molecule has 0 bridgehead atoms. The van der Waals surface area contributed by atoms with Gasteiger partial charge in [-0.15, -0.1) is 0 Å². The first-order valence-corrected chi connectivity index (χ1v) is 12.3. The summed E-state index contributed by atoms with van der Waals surface area (Å²) in [5, 5.41) is 3.14. The van der Waals surface area contributed by atoms with Gasteiger partial charge in [0.15, 0.2) is 11.5 Å². The zero-order valence-corrected chi connectivity index (χ0v) is 21.5. The van der Waals surface area contributed by atoms with E-state index in [0.29, 0.717) is 33.2 Å². The molecule has 1 saturated carbocycles. The van der Waals surface area contributed by atoms with Gasteiger partial charge >= 0.3 is 0 Å². The number of nitrogens with zero attached hydrogens (tertiary/aromatic N) is 1. The highest BCUT2D eigenvalue weighted by molar-refractivity contribution is 6.33. The molecular formula is C26H32ClN3O5. The second-order valence-electron chi connectivity index (χ2n) is 9.81. The summed E-state index contributed by atoms with van der Waals surface area (Å²) >= 11 is 6.54. The molecule has 0 spiro atoms. The number of H-pyrrole nitrogens is 1. The Kier molecular flexibility index (Phi) is 6.86. The van der Waals surface area contributed by atoms with Gasteiger partial charge < -0.3 is 24.7 Å². The van der Waals surface area contributed by atoms with Crippen molar-refractivity contribution in [3.8, 4) is 11.5 Å². The van der Waals surface area contributed by atoms with Crippen LogP contribution < -0.4 is 20.3 Å². The number of carbonyl (C=O) groups is 2. The van der Waals surface area contributed by atoms with Crippen molar-refractivity contribution in [1.82, 2.24) is 15.2 Å². The SMILES string of the molecule is Cc1cc(C)c(CNC(=O)c2cc(Cl)c3c(c2C)OC(C)([C@H]2CC[C@H](N(C)C=O)CC2)O3)c(=O)[nH]1. The predicted molar refractivity (Wildman–Crippen MR) is 133 cm³/mol. The molecule has 1 atom stereocenters. The second-order valence-corrected chi connectivity index (χ2v) is 10.2. The van der Waals surface area contributed by atoms with Crippen LogP contribution in [0.3, 0.4) is 0 Å². The lowest BCUT2D eigenvalue weighted by Crippen LogP contribution is -2.47. The predicted octanol–water partition coefficient (Wildman–Crippen LogP) is 4.02. The van der Waals surface area contributed by atoms with Crippen LogP contribution in [0.25, 0.3) is 0 Å². The number of rotatable bonds is 6. The van der Waals surface area contributed by atoms with Gasteiger partial charge in [0.05, 0.1) is 5.02 Å². The lowest BCUT2D eigenvalue weighted by Gasteiger charge is -2.39. The number of ether oxygens (including phenoxy) is 2. The van der Waals surface area contributed by atoms with Crippen molar-refractivity contribution in [2.24, 2.45) is 5.92 Å². The minimum Gasteiger partial charge on any atom is -0.448 e. The average Bonchev–Trinajstić information content (AvgIpc) is 3.20. The number of aromatic amines is 1. The van der Waals surface area contributed by atoms with E-state index < -0.39 is 5.79 Å². The van der Waals surface area contributed by atoms with Gasteiger partial charge in [0.25, 0.3) is 17.3 Å². The maximum Gasteiger partial charge on any atom is 0.253 e. The van der Waals surface area contributed by atoms with Crippen LogP contribution in [0, 0.1) is 26.7 Å². The van der Waals surface area contributed by atoms with Gasteiger partial charge in [-0.05, 0) is 64.2 Å². The molecule has 2 heterocycles. The number of amides is 2. The molecule has 4 rings (SSSR count). The number of hydrogen-bond acceptors (Lipinski definition) is 5. The fraction of sp³-hybridized carbons (Fsp3) is 0.500. The van der Waals surface area contributed by atoms with E-state index in [1.807, 2.05) is 33.9 Å². The number of pyridine rings is 1. The van der Waals surface area contributed by atoms with Gasteiger partial charge in [-0.2, -0.15) is 0 Å². The molecule has 188 valence electrons. The summed E-state index contributed by atoms with van der Waals surface area (Å²) in [4.78, 5) is 40.9. The maximum atomic E-state index is 13.1. The van der Waals surface area contributed by atoms with Crippen LogP contribution in [0.15, 0.2) is 16.9 Å². The summed E-state index contributed by atoms with van der Waals surface area (Å²) in [5.74, 6) is -0.206. The van der Waals surface area contributed by atoms with Crippen LogP contribution in [0.5, 0.6) is 11.5 Å². The molecular weight excluding hydrogens is 470 g/mol. The summed E-state index contributed by atoms with van der Waals surface area (Å²) in [6.07, 6.45) is 4.31. The minimum atomic E-state index is -0.900. The third-order valence-corrected chi connectivity index (χ3v) is 7.67. The lowest BCUT2D eigenvalue weighted by atomic mass is 9.81. The first-order chi connectivity index (χ1) is 16.5. The minimum absolute atomic E-state index is 0.0992. The number of fused-ring (bicyclic) bond motifs is 1. The van der Waals surface area contributed by atoms with Gasteiger partial charge in [0.1, 0.15) is 0 Å². The maximum absolute atomic E-state index is 13.1. The molecule has 1 aromatic heterocycles. The standard InChI is InChI=1S/C26H32ClN3O5/c1-14-10-15(2)29-25(33)20(14)12-28-24(32)19-11-21(27)23-22(16(19)3)34-26(4,35-23)17-6-8-18(9-7-17)30(5)13-31/h10-11,13,17-18H,6-9,12H2,1-5H3,(H,28,32)(H,29,33)/t17-,18-,26?. The Labute approximate surface area is 209 Å². The molecule has 35 heavy (non-hydrogen) atoms. The van der Waals surface area contributed by atoms with Crippen molar-refractivity contribution >= 4 is 23.9 Å². The van der Waals surface area contributed by atoms with Gasteiger partial charge in [-0.25, -0.2) is 0 Å². The quantitative estimate of drug-likeness (QED) is 0.582. The van der Waals surface area contributed by atoms with Crippen molar-refractivity contribution < 1.29 is 19.1 Å². The van der Waals surface area contributed by atoms with E-state index in [-0.39, 0.29) is 30.0 Å². The van der Waals surface area contributed by atoms with Crippen molar-refractivity contribution in [1.29, 1.82) is 0 Å². The number of aryl methyl sites for hydroxylation is 2. The summed E-state index contributed by atoms with van der Waals surface area (Å²) in [6, 6.07) is 3.68. The van der Waals surface area contributed by atoms with Crippen molar-refractivity contribution in [2.45, 2.75) is 71.8 Å². The fourth-order valence-electron chi connectivity index (χ4n) is 5.21. The molecule has 2 amide bonds. The number of benzene rings is 1. The largest absolute Gasteiger partial charge is 0.448 e. The van der Waals surface area contributed by atoms with Crippen molar-refractivity contribution in [3.63, 3.8) is 0 Å². The lowest BCUT2D eigenvalue weighted by molar-refractivity contribution is -0.128. The van der Waals surface area contributed by atoms with Gasteiger partial charge in [0, 0.05) is 54.9 Å². The number of halogens is 1. The normalized spacial score (nSPS) is 23.1. The first-order valence-electron chi connectivity index (χ1n) is 11.9. The van der Waals surface area contributed by atoms with Crippen molar-refractivity contribution in [2.75, 3.05) is 7.05 Å². The third kappa shape index (κ3) is 4.76. The number of nitrogens with one attached hydrogen (secondary N) is 2. The molecule has 8 nitrogen and oxygen atoms in total. The molecule has 2 aliphatic rings. The Morgan fingerprint density at radius 3 is 2.49 bits per heavy atom.